The Kier molecular flexibility index (Phi) is 6.59. The van der Waals surface area contributed by atoms with Crippen LogP contribution in [0.15, 0.2) is 48.5 Å². The highest BCUT2D eigenvalue weighted by Crippen LogP contribution is 2.22. The largest absolute Gasteiger partial charge is 0.451 e. The third-order valence-corrected chi connectivity index (χ3v) is 3.47. The molecule has 6 nitrogen and oxygen atoms in total. The van der Waals surface area contributed by atoms with E-state index in [0.717, 1.165) is 0 Å². The molecule has 8 heteroatoms. The van der Waals surface area contributed by atoms with Crippen LogP contribution in [0.25, 0.3) is 0 Å². The van der Waals surface area contributed by atoms with E-state index in [2.05, 4.69) is 10.1 Å². The number of carbonyl (C=O) groups excluding carboxylic acids is 3. The molecule has 0 aliphatic rings. The number of rotatable bonds is 7. The molecule has 27 heavy (non-hydrogen) atoms. The minimum Gasteiger partial charge on any atom is -0.451 e. The molecule has 0 saturated carbocycles. The topological polar surface area (TPSA) is 81.7 Å². The molecule has 2 aromatic rings. The molecule has 2 aromatic carbocycles. The van der Waals surface area contributed by atoms with Gasteiger partial charge in [-0.15, -0.1) is 0 Å². The second-order valence-electron chi connectivity index (χ2n) is 5.54. The van der Waals surface area contributed by atoms with Gasteiger partial charge in [0.1, 0.15) is 11.3 Å². The first-order valence-corrected chi connectivity index (χ1v) is 7.94. The van der Waals surface area contributed by atoms with Gasteiger partial charge in [0.05, 0.1) is 0 Å². The van der Waals surface area contributed by atoms with Crippen molar-refractivity contribution in [2.24, 2.45) is 0 Å². The van der Waals surface area contributed by atoms with Gasteiger partial charge in [-0.25, -0.2) is 4.79 Å². The van der Waals surface area contributed by atoms with E-state index in [-0.39, 0.29) is 22.8 Å². The van der Waals surface area contributed by atoms with Crippen LogP contribution in [0.4, 0.5) is 14.5 Å². The maximum Gasteiger partial charge on any atom is 0.387 e. The Bertz CT molecular complexity index is 836. The lowest BCUT2D eigenvalue weighted by Crippen LogP contribution is -2.25. The van der Waals surface area contributed by atoms with Crippen LogP contribution < -0.4 is 10.1 Å². The third-order valence-electron chi connectivity index (χ3n) is 3.47. The Morgan fingerprint density at radius 3 is 2.22 bits per heavy atom. The fourth-order valence-electron chi connectivity index (χ4n) is 2.27. The molecule has 0 unspecified atom stereocenters. The first kappa shape index (κ1) is 20.0. The molecule has 0 heterocycles. The fraction of sp³-hybridized carbons (Fsp3) is 0.211. The van der Waals surface area contributed by atoms with E-state index in [0.29, 0.717) is 5.69 Å². The molecule has 2 rings (SSSR count). The van der Waals surface area contributed by atoms with Crippen LogP contribution in [0.5, 0.6) is 5.75 Å². The number of hydrogen-bond donors (Lipinski definition) is 1. The smallest absolute Gasteiger partial charge is 0.387 e. The molecule has 0 aromatic heterocycles. The lowest BCUT2D eigenvalue weighted by atomic mass is 10.1. The Morgan fingerprint density at radius 2 is 1.63 bits per heavy atom. The standard InChI is InChI=1S/C19H17F2NO5/c1-11(17(24)13-7-9-14(10-8-13)22-12(2)23)26-18(25)15-5-3-4-6-16(15)27-19(20)21/h3-11,19H,1-2H3,(H,22,23)/t11-/m0/s1. The van der Waals surface area contributed by atoms with E-state index in [1.807, 2.05) is 0 Å². The van der Waals surface area contributed by atoms with Crippen molar-refractivity contribution in [2.75, 3.05) is 5.32 Å². The number of anilines is 1. The zero-order valence-electron chi connectivity index (χ0n) is 14.6. The molecule has 0 bridgehead atoms. The highest BCUT2D eigenvalue weighted by atomic mass is 19.3. The molecule has 0 fully saturated rings. The molecule has 0 aliphatic heterocycles. The third kappa shape index (κ3) is 5.60. The molecule has 1 atom stereocenters. The SMILES string of the molecule is CC(=O)Nc1ccc(C(=O)[C@H](C)OC(=O)c2ccccc2OC(F)F)cc1. The van der Waals surface area contributed by atoms with Crippen LogP contribution in [0.3, 0.4) is 0 Å². The zero-order valence-corrected chi connectivity index (χ0v) is 14.6. The fourth-order valence-corrected chi connectivity index (χ4v) is 2.27. The minimum absolute atomic E-state index is 0.210. The van der Waals surface area contributed by atoms with Gasteiger partial charge in [0.15, 0.2) is 6.10 Å². The van der Waals surface area contributed by atoms with E-state index in [1.165, 1.54) is 62.4 Å². The van der Waals surface area contributed by atoms with E-state index in [9.17, 15) is 23.2 Å². The van der Waals surface area contributed by atoms with Crippen LogP contribution in [-0.4, -0.2) is 30.4 Å². The number of ketones is 1. The summed E-state index contributed by atoms with van der Waals surface area (Å²) in [5, 5.41) is 2.56. The Hall–Kier alpha value is -3.29. The maximum absolute atomic E-state index is 12.4. The van der Waals surface area contributed by atoms with Crippen molar-refractivity contribution in [3.05, 3.63) is 59.7 Å². The highest BCUT2D eigenvalue weighted by molar-refractivity contribution is 6.02. The number of hydrogen-bond acceptors (Lipinski definition) is 5. The number of alkyl halides is 2. The summed E-state index contributed by atoms with van der Waals surface area (Å²) in [6.45, 7) is -0.366. The number of carbonyl (C=O) groups is 3. The predicted molar refractivity (Wildman–Crippen MR) is 93.0 cm³/mol. The maximum atomic E-state index is 12.4. The van der Waals surface area contributed by atoms with E-state index >= 15 is 0 Å². The van der Waals surface area contributed by atoms with Gasteiger partial charge in [0, 0.05) is 18.2 Å². The van der Waals surface area contributed by atoms with E-state index in [4.69, 9.17) is 4.74 Å². The van der Waals surface area contributed by atoms with Crippen LogP contribution in [0, 0.1) is 0 Å². The van der Waals surface area contributed by atoms with Crippen molar-refractivity contribution in [2.45, 2.75) is 26.6 Å². The molecular formula is C19H17F2NO5. The number of amides is 1. The van der Waals surface area contributed by atoms with Gasteiger partial charge in [-0.1, -0.05) is 12.1 Å². The van der Waals surface area contributed by atoms with Crippen molar-refractivity contribution >= 4 is 23.3 Å². The van der Waals surface area contributed by atoms with Gasteiger partial charge < -0.3 is 14.8 Å². The van der Waals surface area contributed by atoms with Crippen molar-refractivity contribution in [3.63, 3.8) is 0 Å². The van der Waals surface area contributed by atoms with Crippen LogP contribution in [0.2, 0.25) is 0 Å². The monoisotopic (exact) mass is 377 g/mol. The molecule has 0 spiro atoms. The number of para-hydroxylation sites is 1. The quantitative estimate of drug-likeness (QED) is 0.588. The van der Waals surface area contributed by atoms with Crippen LogP contribution in [0.1, 0.15) is 34.6 Å². The Labute approximate surface area is 154 Å². The average Bonchev–Trinajstić information content (AvgIpc) is 2.61. The lowest BCUT2D eigenvalue weighted by molar-refractivity contribution is -0.114. The summed E-state index contributed by atoms with van der Waals surface area (Å²) < 4.78 is 34.2. The van der Waals surface area contributed by atoms with Crippen molar-refractivity contribution in [3.8, 4) is 5.75 Å². The number of halogens is 2. The van der Waals surface area contributed by atoms with Gasteiger partial charge in [-0.2, -0.15) is 8.78 Å². The molecule has 1 amide bonds. The summed E-state index contributed by atoms with van der Waals surface area (Å²) in [4.78, 5) is 35.6. The highest BCUT2D eigenvalue weighted by Gasteiger charge is 2.23. The molecule has 142 valence electrons. The summed E-state index contributed by atoms with van der Waals surface area (Å²) in [6, 6.07) is 11.4. The first-order valence-electron chi connectivity index (χ1n) is 7.94. The van der Waals surface area contributed by atoms with Gasteiger partial charge in [-0.3, -0.25) is 9.59 Å². The summed E-state index contributed by atoms with van der Waals surface area (Å²) in [5.41, 5.74) is 0.571. The average molecular weight is 377 g/mol. The number of Topliss-reactive ketones (excluding diaryl/α,β-unsaturated/α-hetero) is 1. The molecule has 1 N–H and O–H groups in total. The Morgan fingerprint density at radius 1 is 1.00 bits per heavy atom. The van der Waals surface area contributed by atoms with Crippen LogP contribution >= 0.6 is 0 Å². The normalized spacial score (nSPS) is 11.6. The zero-order chi connectivity index (χ0) is 20.0. The molecule has 0 aliphatic carbocycles. The van der Waals surface area contributed by atoms with Crippen molar-refractivity contribution in [1.29, 1.82) is 0 Å². The van der Waals surface area contributed by atoms with E-state index < -0.39 is 24.5 Å². The van der Waals surface area contributed by atoms with Crippen molar-refractivity contribution in [1.82, 2.24) is 0 Å². The number of esters is 1. The summed E-state index contributed by atoms with van der Waals surface area (Å²) in [7, 11) is 0. The lowest BCUT2D eigenvalue weighted by Gasteiger charge is -2.14. The second kappa shape index (κ2) is 8.88. The summed E-state index contributed by atoms with van der Waals surface area (Å²) in [5.74, 6) is -2.02. The second-order valence-corrected chi connectivity index (χ2v) is 5.54. The van der Waals surface area contributed by atoms with Crippen molar-refractivity contribution < 1.29 is 32.6 Å². The Balaban J connectivity index is 2.08. The predicted octanol–water partition coefficient (Wildman–Crippen LogP) is 3.67. The van der Waals surface area contributed by atoms with Gasteiger partial charge in [0.25, 0.3) is 0 Å². The van der Waals surface area contributed by atoms with Gasteiger partial charge in [-0.05, 0) is 43.3 Å². The van der Waals surface area contributed by atoms with Gasteiger partial charge >= 0.3 is 12.6 Å². The summed E-state index contributed by atoms with van der Waals surface area (Å²) >= 11 is 0. The molecule has 0 saturated heterocycles. The summed E-state index contributed by atoms with van der Waals surface area (Å²) in [6.07, 6.45) is -1.15. The molecule has 0 radical (unpaired) electrons. The molecular weight excluding hydrogens is 360 g/mol. The number of nitrogens with one attached hydrogen (secondary N) is 1. The minimum atomic E-state index is -3.10. The number of benzene rings is 2. The van der Waals surface area contributed by atoms with Crippen LogP contribution in [-0.2, 0) is 9.53 Å². The first-order chi connectivity index (χ1) is 12.8. The number of ether oxygens (including phenoxy) is 2. The van der Waals surface area contributed by atoms with Gasteiger partial charge in [0.2, 0.25) is 11.7 Å². The van der Waals surface area contributed by atoms with E-state index in [1.54, 1.807) is 0 Å².